The van der Waals surface area contributed by atoms with Crippen LogP contribution in [0.2, 0.25) is 0 Å². The number of anilines is 1. The van der Waals surface area contributed by atoms with Crippen LogP contribution in [0, 0.1) is 11.2 Å². The molecule has 1 amide bonds. The molecule has 3 rings (SSSR count). The molecule has 0 saturated carbocycles. The first-order valence-electron chi connectivity index (χ1n) is 7.41. The van der Waals surface area contributed by atoms with E-state index in [1.54, 1.807) is 6.07 Å². The first-order valence-corrected chi connectivity index (χ1v) is 7.41. The minimum atomic E-state index is -0.572. The van der Waals surface area contributed by atoms with E-state index in [4.69, 9.17) is 0 Å². The summed E-state index contributed by atoms with van der Waals surface area (Å²) >= 11 is 0. The number of hydrogen-bond acceptors (Lipinski definition) is 2. The monoisotopic (exact) mass is 311 g/mol. The number of aromatic nitrogens is 2. The second kappa shape index (κ2) is 5.50. The minimum Gasteiger partial charge on any atom is -0.338 e. The summed E-state index contributed by atoms with van der Waals surface area (Å²) in [5, 5.41) is 2.80. The molecule has 0 aliphatic heterocycles. The maximum Gasteiger partial charge on any atom is 0.229 e. The van der Waals surface area contributed by atoms with E-state index < -0.39 is 11.2 Å². The molecule has 23 heavy (non-hydrogen) atoms. The molecule has 0 atom stereocenters. The lowest BCUT2D eigenvalue weighted by molar-refractivity contribution is -0.123. The zero-order valence-electron chi connectivity index (χ0n) is 13.3. The van der Waals surface area contributed by atoms with Crippen LogP contribution < -0.4 is 5.32 Å². The maximum absolute atomic E-state index is 13.6. The van der Waals surface area contributed by atoms with Gasteiger partial charge in [0.25, 0.3) is 0 Å². The summed E-state index contributed by atoms with van der Waals surface area (Å²) in [6.07, 6.45) is 0. The van der Waals surface area contributed by atoms with Gasteiger partial charge in [0.05, 0.1) is 16.7 Å². The summed E-state index contributed by atoms with van der Waals surface area (Å²) in [5.74, 6) is 0.00457. The van der Waals surface area contributed by atoms with Crippen molar-refractivity contribution in [2.24, 2.45) is 5.41 Å². The van der Waals surface area contributed by atoms with Crippen LogP contribution in [0.15, 0.2) is 42.5 Å². The molecule has 0 radical (unpaired) electrons. The predicted octanol–water partition coefficient (Wildman–Crippen LogP) is 4.35. The first-order chi connectivity index (χ1) is 10.8. The summed E-state index contributed by atoms with van der Waals surface area (Å²) in [6, 6.07) is 11.9. The lowest BCUT2D eigenvalue weighted by Gasteiger charge is -2.19. The third kappa shape index (κ3) is 3.08. The van der Waals surface area contributed by atoms with Crippen LogP contribution in [0.4, 0.5) is 10.1 Å². The Hall–Kier alpha value is -2.69. The number of halogens is 1. The SMILES string of the molecule is CC(C)(C)C(=O)Nc1cc(F)ccc1-c1nc2ccccc2[nH]1. The number of rotatable bonds is 2. The van der Waals surface area contributed by atoms with Gasteiger partial charge in [0.1, 0.15) is 11.6 Å². The summed E-state index contributed by atoms with van der Waals surface area (Å²) in [6.45, 7) is 5.42. The van der Waals surface area contributed by atoms with Crippen molar-refractivity contribution in [1.29, 1.82) is 0 Å². The highest BCUT2D eigenvalue weighted by atomic mass is 19.1. The Balaban J connectivity index is 2.07. The van der Waals surface area contributed by atoms with E-state index in [1.807, 2.05) is 45.0 Å². The standard InChI is InChI=1S/C18H18FN3O/c1-18(2,3)17(23)22-15-10-11(19)8-9-12(15)16-20-13-6-4-5-7-14(13)21-16/h4-10H,1-3H3,(H,20,21)(H,22,23). The number of nitrogens with one attached hydrogen (secondary N) is 2. The molecule has 0 aliphatic carbocycles. The third-order valence-electron chi connectivity index (χ3n) is 3.56. The molecule has 3 aromatic rings. The zero-order valence-corrected chi connectivity index (χ0v) is 13.3. The van der Waals surface area contributed by atoms with Gasteiger partial charge in [-0.15, -0.1) is 0 Å². The number of carbonyl (C=O) groups is 1. The van der Waals surface area contributed by atoms with E-state index in [9.17, 15) is 9.18 Å². The van der Waals surface area contributed by atoms with E-state index in [1.165, 1.54) is 12.1 Å². The number of hydrogen-bond donors (Lipinski definition) is 2. The lowest BCUT2D eigenvalue weighted by Crippen LogP contribution is -2.27. The molecule has 4 nitrogen and oxygen atoms in total. The van der Waals surface area contributed by atoms with Gasteiger partial charge in [0.15, 0.2) is 0 Å². The van der Waals surface area contributed by atoms with E-state index in [-0.39, 0.29) is 5.91 Å². The summed E-state index contributed by atoms with van der Waals surface area (Å²) in [7, 11) is 0. The van der Waals surface area contributed by atoms with Crippen molar-refractivity contribution >= 4 is 22.6 Å². The highest BCUT2D eigenvalue weighted by molar-refractivity contribution is 5.98. The summed E-state index contributed by atoms with van der Waals surface area (Å²) in [5.41, 5.74) is 2.20. The van der Waals surface area contributed by atoms with Crippen LogP contribution in [0.25, 0.3) is 22.4 Å². The van der Waals surface area contributed by atoms with E-state index >= 15 is 0 Å². The number of para-hydroxylation sites is 2. The Bertz CT molecular complexity index is 844. The normalized spacial score (nSPS) is 11.7. The number of fused-ring (bicyclic) bond motifs is 1. The van der Waals surface area contributed by atoms with Crippen molar-refractivity contribution in [3.63, 3.8) is 0 Å². The molecule has 0 spiro atoms. The molecule has 1 aromatic heterocycles. The van der Waals surface area contributed by atoms with Gasteiger partial charge in [-0.3, -0.25) is 4.79 Å². The van der Waals surface area contributed by atoms with Crippen LogP contribution in [-0.4, -0.2) is 15.9 Å². The average Bonchev–Trinajstić information content (AvgIpc) is 2.90. The smallest absolute Gasteiger partial charge is 0.229 e. The molecule has 5 heteroatoms. The van der Waals surface area contributed by atoms with Gasteiger partial charge in [0.2, 0.25) is 5.91 Å². The van der Waals surface area contributed by atoms with Gasteiger partial charge in [-0.2, -0.15) is 0 Å². The Kier molecular flexibility index (Phi) is 3.64. The predicted molar refractivity (Wildman–Crippen MR) is 89.6 cm³/mol. The second-order valence-electron chi connectivity index (χ2n) is 6.50. The topological polar surface area (TPSA) is 57.8 Å². The number of aromatic amines is 1. The highest BCUT2D eigenvalue weighted by Gasteiger charge is 2.23. The van der Waals surface area contributed by atoms with Crippen molar-refractivity contribution in [2.75, 3.05) is 5.32 Å². The van der Waals surface area contributed by atoms with Gasteiger partial charge < -0.3 is 10.3 Å². The molecule has 0 bridgehead atoms. The number of imidazole rings is 1. The number of amides is 1. The van der Waals surface area contributed by atoms with E-state index in [0.717, 1.165) is 11.0 Å². The fraction of sp³-hybridized carbons (Fsp3) is 0.222. The highest BCUT2D eigenvalue weighted by Crippen LogP contribution is 2.29. The van der Waals surface area contributed by atoms with Gasteiger partial charge in [-0.25, -0.2) is 9.37 Å². The van der Waals surface area contributed by atoms with Crippen LogP contribution >= 0.6 is 0 Å². The van der Waals surface area contributed by atoms with Crippen LogP contribution in [0.3, 0.4) is 0 Å². The summed E-state index contributed by atoms with van der Waals surface area (Å²) < 4.78 is 13.6. The first kappa shape index (κ1) is 15.2. The zero-order chi connectivity index (χ0) is 16.6. The van der Waals surface area contributed by atoms with Gasteiger partial charge >= 0.3 is 0 Å². The minimum absolute atomic E-state index is 0.180. The molecule has 2 aromatic carbocycles. The quantitative estimate of drug-likeness (QED) is 0.739. The largest absolute Gasteiger partial charge is 0.338 e. The van der Waals surface area contributed by atoms with Crippen LogP contribution in [0.5, 0.6) is 0 Å². The molecule has 0 fully saturated rings. The average molecular weight is 311 g/mol. The molecular formula is C18H18FN3O. The van der Waals surface area contributed by atoms with E-state index in [0.29, 0.717) is 17.1 Å². The van der Waals surface area contributed by atoms with Crippen molar-refractivity contribution in [3.05, 3.63) is 48.3 Å². The summed E-state index contributed by atoms with van der Waals surface area (Å²) in [4.78, 5) is 19.9. The lowest BCUT2D eigenvalue weighted by atomic mass is 9.95. The Morgan fingerprint density at radius 1 is 1.17 bits per heavy atom. The Labute approximate surface area is 133 Å². The Morgan fingerprint density at radius 3 is 2.61 bits per heavy atom. The Morgan fingerprint density at radius 2 is 1.91 bits per heavy atom. The van der Waals surface area contributed by atoms with Crippen LogP contribution in [0.1, 0.15) is 20.8 Å². The number of H-pyrrole nitrogens is 1. The molecule has 0 aliphatic rings. The molecule has 1 heterocycles. The van der Waals surface area contributed by atoms with Gasteiger partial charge in [-0.1, -0.05) is 32.9 Å². The second-order valence-corrected chi connectivity index (χ2v) is 6.50. The maximum atomic E-state index is 13.6. The number of nitrogens with zero attached hydrogens (tertiary/aromatic N) is 1. The molecule has 0 saturated heterocycles. The van der Waals surface area contributed by atoms with Gasteiger partial charge in [-0.05, 0) is 30.3 Å². The van der Waals surface area contributed by atoms with Crippen molar-refractivity contribution < 1.29 is 9.18 Å². The van der Waals surface area contributed by atoms with Gasteiger partial charge in [0, 0.05) is 11.0 Å². The molecule has 2 N–H and O–H groups in total. The fourth-order valence-corrected chi connectivity index (χ4v) is 2.22. The van der Waals surface area contributed by atoms with Crippen LogP contribution in [-0.2, 0) is 4.79 Å². The molecular weight excluding hydrogens is 293 g/mol. The van der Waals surface area contributed by atoms with Crippen molar-refractivity contribution in [1.82, 2.24) is 9.97 Å². The molecule has 0 unspecified atom stereocenters. The number of carbonyl (C=O) groups excluding carboxylic acids is 1. The fourth-order valence-electron chi connectivity index (χ4n) is 2.22. The van der Waals surface area contributed by atoms with E-state index in [2.05, 4.69) is 15.3 Å². The molecule has 118 valence electrons. The number of benzene rings is 2. The van der Waals surface area contributed by atoms with Crippen molar-refractivity contribution in [2.45, 2.75) is 20.8 Å². The third-order valence-corrected chi connectivity index (χ3v) is 3.56. The van der Waals surface area contributed by atoms with Crippen molar-refractivity contribution in [3.8, 4) is 11.4 Å².